The van der Waals surface area contributed by atoms with Gasteiger partial charge in [0, 0.05) is 6.42 Å². The van der Waals surface area contributed by atoms with Crippen LogP contribution in [0.15, 0.2) is 48.6 Å². The molecule has 54 heavy (non-hydrogen) atoms. The monoisotopic (exact) mass is 758 g/mol. The fourth-order valence-corrected chi connectivity index (χ4v) is 6.73. The second kappa shape index (κ2) is 42.0. The highest BCUT2D eigenvalue weighted by atomic mass is 16.5. The van der Waals surface area contributed by atoms with Gasteiger partial charge in [0.25, 0.3) is 0 Å². The zero-order valence-corrected chi connectivity index (χ0v) is 35.6. The smallest absolute Gasteiger partial charge is 0.306 e. The number of allylic oxidation sites excluding steroid dienone is 8. The summed E-state index contributed by atoms with van der Waals surface area (Å²) in [6, 6.07) is -0.712. The Balaban J connectivity index is 4.58. The Bertz CT molecular complexity index is 941. The number of nitrogens with one attached hydrogen (secondary N) is 1. The molecular formula is C48H87NO5. The first kappa shape index (κ1) is 51.8. The van der Waals surface area contributed by atoms with Crippen molar-refractivity contribution in [3.05, 3.63) is 48.6 Å². The van der Waals surface area contributed by atoms with Crippen LogP contribution >= 0.6 is 0 Å². The summed E-state index contributed by atoms with van der Waals surface area (Å²) in [7, 11) is 0. The van der Waals surface area contributed by atoms with E-state index in [0.717, 1.165) is 83.5 Å². The van der Waals surface area contributed by atoms with E-state index in [0.29, 0.717) is 19.3 Å². The van der Waals surface area contributed by atoms with Gasteiger partial charge in [0.1, 0.15) is 6.10 Å². The van der Waals surface area contributed by atoms with Crippen LogP contribution in [0.2, 0.25) is 0 Å². The number of aliphatic hydroxyl groups excluding tert-OH is 2. The van der Waals surface area contributed by atoms with Gasteiger partial charge in [0.05, 0.1) is 25.2 Å². The molecule has 0 rings (SSSR count). The van der Waals surface area contributed by atoms with E-state index in [2.05, 4.69) is 62.5 Å². The Kier molecular flexibility index (Phi) is 40.3. The lowest BCUT2D eigenvalue weighted by Gasteiger charge is -2.24. The number of ether oxygens (including phenoxy) is 1. The minimum absolute atomic E-state index is 0.0509. The summed E-state index contributed by atoms with van der Waals surface area (Å²) in [6.45, 7) is 6.26. The van der Waals surface area contributed by atoms with Crippen LogP contribution in [0.1, 0.15) is 220 Å². The maximum Gasteiger partial charge on any atom is 0.306 e. The van der Waals surface area contributed by atoms with Crippen LogP contribution in [0.3, 0.4) is 0 Å². The number of rotatable bonds is 40. The molecule has 0 saturated carbocycles. The van der Waals surface area contributed by atoms with Gasteiger partial charge < -0.3 is 20.3 Å². The van der Waals surface area contributed by atoms with Crippen molar-refractivity contribution in [2.75, 3.05) is 6.61 Å². The molecule has 6 nitrogen and oxygen atoms in total. The molecule has 314 valence electrons. The molecule has 0 spiro atoms. The fraction of sp³-hybridized carbons (Fsp3) is 0.792. The summed E-state index contributed by atoms with van der Waals surface area (Å²) < 4.78 is 5.86. The molecule has 0 radical (unpaired) electrons. The zero-order chi connectivity index (χ0) is 39.6. The Labute approximate surface area is 334 Å². The summed E-state index contributed by atoms with van der Waals surface area (Å²) >= 11 is 0. The van der Waals surface area contributed by atoms with Crippen LogP contribution in [0, 0.1) is 0 Å². The topological polar surface area (TPSA) is 95.9 Å². The van der Waals surface area contributed by atoms with Crippen molar-refractivity contribution in [3.8, 4) is 0 Å². The van der Waals surface area contributed by atoms with E-state index in [1.807, 2.05) is 12.2 Å². The predicted molar refractivity (Wildman–Crippen MR) is 232 cm³/mol. The van der Waals surface area contributed by atoms with Crippen molar-refractivity contribution in [2.24, 2.45) is 0 Å². The summed E-state index contributed by atoms with van der Waals surface area (Å²) in [6.07, 6.45) is 48.9. The van der Waals surface area contributed by atoms with Gasteiger partial charge in [-0.1, -0.05) is 191 Å². The average molecular weight is 758 g/mol. The maximum absolute atomic E-state index is 13.1. The first-order chi connectivity index (χ1) is 26.5. The number of hydrogen-bond acceptors (Lipinski definition) is 5. The summed E-state index contributed by atoms with van der Waals surface area (Å²) in [5.41, 5.74) is 0. The Hall–Kier alpha value is -2.18. The molecule has 0 aromatic rings. The predicted octanol–water partition coefficient (Wildman–Crippen LogP) is 13.1. The molecule has 0 saturated heterocycles. The number of hydrogen-bond donors (Lipinski definition) is 3. The van der Waals surface area contributed by atoms with Crippen molar-refractivity contribution in [3.63, 3.8) is 0 Å². The van der Waals surface area contributed by atoms with Gasteiger partial charge in [0.15, 0.2) is 0 Å². The van der Waals surface area contributed by atoms with Crippen LogP contribution in [0.25, 0.3) is 0 Å². The van der Waals surface area contributed by atoms with Crippen LogP contribution in [-0.2, 0) is 14.3 Å². The number of esters is 1. The normalized spacial score (nSPS) is 13.8. The minimum Gasteiger partial charge on any atom is -0.462 e. The molecule has 3 unspecified atom stereocenters. The molecule has 0 aliphatic heterocycles. The largest absolute Gasteiger partial charge is 0.462 e. The van der Waals surface area contributed by atoms with E-state index in [-0.39, 0.29) is 24.9 Å². The van der Waals surface area contributed by atoms with Gasteiger partial charge in [0.2, 0.25) is 5.91 Å². The third kappa shape index (κ3) is 36.8. The van der Waals surface area contributed by atoms with Gasteiger partial charge in [-0.2, -0.15) is 0 Å². The van der Waals surface area contributed by atoms with Crippen molar-refractivity contribution < 1.29 is 24.5 Å². The molecule has 0 heterocycles. The van der Waals surface area contributed by atoms with Crippen LogP contribution in [-0.4, -0.2) is 46.9 Å². The molecule has 0 bridgehead atoms. The first-order valence-corrected chi connectivity index (χ1v) is 22.9. The number of amides is 1. The molecule has 0 fully saturated rings. The van der Waals surface area contributed by atoms with Crippen molar-refractivity contribution in [1.82, 2.24) is 5.32 Å². The number of carbonyl (C=O) groups excluding carboxylic acids is 2. The second-order valence-corrected chi connectivity index (χ2v) is 15.5. The lowest BCUT2D eigenvalue weighted by Crippen LogP contribution is -2.46. The van der Waals surface area contributed by atoms with Crippen molar-refractivity contribution >= 4 is 11.9 Å². The van der Waals surface area contributed by atoms with Gasteiger partial charge in [-0.15, -0.1) is 0 Å². The Morgan fingerprint density at radius 1 is 0.556 bits per heavy atom. The molecule has 6 heteroatoms. The molecule has 0 aromatic heterocycles. The van der Waals surface area contributed by atoms with Gasteiger partial charge in [-0.05, 0) is 64.2 Å². The van der Waals surface area contributed by atoms with E-state index in [9.17, 15) is 19.8 Å². The molecule has 0 aliphatic carbocycles. The summed E-state index contributed by atoms with van der Waals surface area (Å²) in [4.78, 5) is 25.9. The Morgan fingerprint density at radius 3 is 1.65 bits per heavy atom. The van der Waals surface area contributed by atoms with Gasteiger partial charge in [-0.25, -0.2) is 0 Å². The third-order valence-corrected chi connectivity index (χ3v) is 10.2. The maximum atomic E-state index is 13.1. The minimum atomic E-state index is -0.796. The lowest BCUT2D eigenvalue weighted by atomic mass is 10.0. The zero-order valence-electron chi connectivity index (χ0n) is 35.6. The highest BCUT2D eigenvalue weighted by Gasteiger charge is 2.24. The van der Waals surface area contributed by atoms with Crippen molar-refractivity contribution in [2.45, 2.75) is 238 Å². The van der Waals surface area contributed by atoms with E-state index >= 15 is 0 Å². The Morgan fingerprint density at radius 2 is 1.06 bits per heavy atom. The van der Waals surface area contributed by atoms with E-state index < -0.39 is 18.2 Å². The molecule has 0 aromatic carbocycles. The quantitative estimate of drug-likeness (QED) is 0.0250. The van der Waals surface area contributed by atoms with E-state index in [1.165, 1.54) is 89.9 Å². The molecule has 3 atom stereocenters. The van der Waals surface area contributed by atoms with E-state index in [1.54, 1.807) is 0 Å². The highest BCUT2D eigenvalue weighted by molar-refractivity contribution is 5.77. The lowest BCUT2D eigenvalue weighted by molar-refractivity contribution is -0.151. The van der Waals surface area contributed by atoms with Crippen LogP contribution < -0.4 is 5.32 Å². The summed E-state index contributed by atoms with van der Waals surface area (Å²) in [5, 5.41) is 23.6. The molecule has 0 aliphatic rings. The third-order valence-electron chi connectivity index (χ3n) is 10.2. The molecule has 3 N–H and O–H groups in total. The second-order valence-electron chi connectivity index (χ2n) is 15.5. The fourth-order valence-electron chi connectivity index (χ4n) is 6.73. The number of aliphatic hydroxyl groups is 2. The standard InChI is InChI=1S/C48H87NO5/c1-4-7-10-13-16-19-22-23-24-26-28-31-34-37-40-46(51)45(43-50)49-47(52)42-44(39-36-33-30-27-25-20-17-14-11-8-5-2)54-48(53)41-38-35-32-29-21-18-15-12-9-6-3/h8,11-12,14-15,17,20,25,44-46,50-51H,4-7,9-10,13,16,18-19,21-24,26-43H2,1-3H3,(H,49,52)/b11-8+,15-12-,17-14+,25-20-. The van der Waals surface area contributed by atoms with Crippen LogP contribution in [0.5, 0.6) is 0 Å². The highest BCUT2D eigenvalue weighted by Crippen LogP contribution is 2.17. The van der Waals surface area contributed by atoms with Crippen LogP contribution in [0.4, 0.5) is 0 Å². The van der Waals surface area contributed by atoms with E-state index in [4.69, 9.17) is 4.74 Å². The molecular weight excluding hydrogens is 671 g/mol. The molecule has 1 amide bonds. The van der Waals surface area contributed by atoms with Gasteiger partial charge >= 0.3 is 5.97 Å². The number of carbonyl (C=O) groups is 2. The van der Waals surface area contributed by atoms with Gasteiger partial charge in [-0.3, -0.25) is 9.59 Å². The number of unbranched alkanes of at least 4 members (excludes halogenated alkanes) is 22. The SMILES string of the molecule is CC/C=C/C=C/C=C\CCCCCC(CC(=O)NC(CO)C(O)CCCCCCCCCCCCCCCC)OC(=O)CCCCCCC/C=C\CCC. The average Bonchev–Trinajstić information content (AvgIpc) is 3.16. The first-order valence-electron chi connectivity index (χ1n) is 22.9. The summed E-state index contributed by atoms with van der Waals surface area (Å²) in [5.74, 6) is -0.523. The van der Waals surface area contributed by atoms with Crippen molar-refractivity contribution in [1.29, 1.82) is 0 Å².